The maximum absolute atomic E-state index is 2.92. The van der Waals surface area contributed by atoms with E-state index in [2.05, 4.69) is 222 Å². The molecule has 1 saturated carbocycles. The molecular weight excluding hydrogens is 784 g/mol. The highest BCUT2D eigenvalue weighted by molar-refractivity contribution is 6.96. The van der Waals surface area contributed by atoms with Gasteiger partial charge < -0.3 is 9.80 Å². The molecule has 11 rings (SSSR count). The molecule has 330 valence electrons. The summed E-state index contributed by atoms with van der Waals surface area (Å²) >= 11 is 0. The second-order valence-corrected chi connectivity index (χ2v) is 24.6. The van der Waals surface area contributed by atoms with Crippen LogP contribution in [0.5, 0.6) is 0 Å². The van der Waals surface area contributed by atoms with Crippen molar-refractivity contribution in [3.63, 3.8) is 0 Å². The molecule has 0 bridgehead atoms. The number of rotatable bonds is 3. The molecule has 0 radical (unpaired) electrons. The Kier molecular flexibility index (Phi) is 8.90. The highest BCUT2D eigenvalue weighted by Gasteiger charge is 2.63. The van der Waals surface area contributed by atoms with Gasteiger partial charge in [0.25, 0.3) is 0 Å². The van der Waals surface area contributed by atoms with Crippen LogP contribution in [0.25, 0.3) is 28.0 Å². The lowest BCUT2D eigenvalue weighted by Crippen LogP contribution is -2.62. The van der Waals surface area contributed by atoms with Gasteiger partial charge in [0.15, 0.2) is 0 Å². The van der Waals surface area contributed by atoms with Crippen LogP contribution in [-0.4, -0.2) is 12.3 Å². The number of nitrogens with zero attached hydrogens (tertiary/aromatic N) is 2. The van der Waals surface area contributed by atoms with Gasteiger partial charge in [-0.2, -0.15) is 0 Å². The van der Waals surface area contributed by atoms with Crippen LogP contribution in [0.4, 0.5) is 22.7 Å². The van der Waals surface area contributed by atoms with E-state index in [0.29, 0.717) is 0 Å². The van der Waals surface area contributed by atoms with Gasteiger partial charge in [-0.25, -0.2) is 0 Å². The Hall–Kier alpha value is -5.28. The molecule has 3 aliphatic heterocycles. The zero-order chi connectivity index (χ0) is 46.0. The first kappa shape index (κ1) is 42.4. The molecule has 2 atom stereocenters. The Morgan fingerprint density at radius 1 is 0.523 bits per heavy atom. The molecule has 2 aliphatic carbocycles. The summed E-state index contributed by atoms with van der Waals surface area (Å²) in [4.78, 5) is 5.72. The number of benzene rings is 6. The molecule has 6 aromatic carbocycles. The van der Waals surface area contributed by atoms with E-state index >= 15 is 0 Å². The molecule has 65 heavy (non-hydrogen) atoms. The predicted molar refractivity (Wildman–Crippen MR) is 281 cm³/mol. The van der Waals surface area contributed by atoms with Gasteiger partial charge in [-0.15, -0.1) is 0 Å². The van der Waals surface area contributed by atoms with Crippen LogP contribution in [0, 0.1) is 6.92 Å². The van der Waals surface area contributed by atoms with E-state index in [-0.39, 0.29) is 39.3 Å². The van der Waals surface area contributed by atoms with Gasteiger partial charge in [-0.05, 0) is 123 Å². The number of hydrogen-bond acceptors (Lipinski definition) is 2. The first-order valence-corrected chi connectivity index (χ1v) is 24.7. The van der Waals surface area contributed by atoms with E-state index in [4.69, 9.17) is 0 Å². The fourth-order valence-electron chi connectivity index (χ4n) is 13.2. The maximum atomic E-state index is 2.92. The van der Waals surface area contributed by atoms with Gasteiger partial charge in [0.1, 0.15) is 0 Å². The number of aryl methyl sites for hydroxylation is 1. The zero-order valence-corrected chi connectivity index (χ0v) is 41.8. The van der Waals surface area contributed by atoms with Crippen molar-refractivity contribution < 1.29 is 0 Å². The highest BCUT2D eigenvalue weighted by Crippen LogP contribution is 2.65. The summed E-state index contributed by atoms with van der Waals surface area (Å²) in [5.41, 5.74) is 26.0. The van der Waals surface area contributed by atoms with Crippen molar-refractivity contribution in [1.29, 1.82) is 0 Å². The molecule has 0 spiro atoms. The minimum atomic E-state index is -0.272. The molecule has 3 heterocycles. The Balaban J connectivity index is 1.35. The fourth-order valence-corrected chi connectivity index (χ4v) is 13.2. The molecule has 3 heteroatoms. The first-order chi connectivity index (χ1) is 30.6. The van der Waals surface area contributed by atoms with Crippen LogP contribution in [0.15, 0.2) is 121 Å². The molecule has 6 aromatic rings. The van der Waals surface area contributed by atoms with Crippen LogP contribution >= 0.6 is 0 Å². The largest absolute Gasteiger partial charge is 0.335 e. The molecule has 0 N–H and O–H groups in total. The lowest BCUT2D eigenvalue weighted by molar-refractivity contribution is 0.195. The van der Waals surface area contributed by atoms with Gasteiger partial charge in [-0.3, -0.25) is 0 Å². The van der Waals surface area contributed by atoms with Gasteiger partial charge in [0.2, 0.25) is 6.71 Å². The van der Waals surface area contributed by atoms with E-state index < -0.39 is 0 Å². The molecule has 2 nitrogen and oxygen atoms in total. The number of allylic oxidation sites excluding steroid dienone is 1. The second-order valence-electron chi connectivity index (χ2n) is 24.6. The summed E-state index contributed by atoms with van der Waals surface area (Å²) in [5.74, 6) is 0. The third-order valence-electron chi connectivity index (χ3n) is 17.1. The summed E-state index contributed by atoms with van der Waals surface area (Å²) in [6.07, 6.45) is 4.94. The highest BCUT2D eigenvalue weighted by atomic mass is 15.3. The molecule has 2 unspecified atom stereocenters. The number of anilines is 4. The third-order valence-corrected chi connectivity index (χ3v) is 17.1. The van der Waals surface area contributed by atoms with Crippen molar-refractivity contribution in [2.75, 3.05) is 9.80 Å². The molecule has 0 amide bonds. The Morgan fingerprint density at radius 3 is 1.65 bits per heavy atom. The SMILES string of the molecule is Cc1cc2c3c(c1)N1c4c(cc(C(C)(C)C)cc4C4(C)CCCCC14C)B3C1=C(c3ccc(C(C)(C)C)cc3C1(C)C)N2c1c(-c2ccccc2)cc(C(C)(C)C)cc1-c1ccccc1. The summed E-state index contributed by atoms with van der Waals surface area (Å²) < 4.78 is 0. The first-order valence-electron chi connectivity index (χ1n) is 24.7. The summed E-state index contributed by atoms with van der Waals surface area (Å²) in [6.45, 7) is 34.3. The Bertz CT molecular complexity index is 2940. The average Bonchev–Trinajstić information content (AvgIpc) is 3.61. The lowest BCUT2D eigenvalue weighted by atomic mass is 9.30. The van der Waals surface area contributed by atoms with E-state index in [1.807, 2.05) is 0 Å². The van der Waals surface area contributed by atoms with Crippen LogP contribution in [0.3, 0.4) is 0 Å². The van der Waals surface area contributed by atoms with E-state index in [9.17, 15) is 0 Å². The van der Waals surface area contributed by atoms with Crippen molar-refractivity contribution in [3.8, 4) is 22.3 Å². The molecule has 1 fully saturated rings. The number of hydrogen-bond donors (Lipinski definition) is 0. The van der Waals surface area contributed by atoms with Crippen LogP contribution in [0.2, 0.25) is 0 Å². The van der Waals surface area contributed by atoms with Gasteiger partial charge in [0.05, 0.1) is 11.2 Å². The van der Waals surface area contributed by atoms with Crippen molar-refractivity contribution in [2.24, 2.45) is 0 Å². The molecule has 5 aliphatic rings. The monoisotopic (exact) mass is 853 g/mol. The molecule has 0 aromatic heterocycles. The minimum Gasteiger partial charge on any atom is -0.335 e. The van der Waals surface area contributed by atoms with Crippen LogP contribution < -0.4 is 20.7 Å². The second kappa shape index (κ2) is 13.7. The Labute approximate surface area is 391 Å². The molecular formula is C62H69BN2. The summed E-state index contributed by atoms with van der Waals surface area (Å²) in [5, 5.41) is 0. The lowest BCUT2D eigenvalue weighted by Gasteiger charge is -2.53. The predicted octanol–water partition coefficient (Wildman–Crippen LogP) is 15.3. The summed E-state index contributed by atoms with van der Waals surface area (Å²) in [6, 6.07) is 45.6. The van der Waals surface area contributed by atoms with Crippen LogP contribution in [0.1, 0.15) is 155 Å². The van der Waals surface area contributed by atoms with Gasteiger partial charge in [-0.1, -0.05) is 192 Å². The average molecular weight is 853 g/mol. The van der Waals surface area contributed by atoms with Crippen molar-refractivity contribution >= 4 is 46.1 Å². The van der Waals surface area contributed by atoms with Crippen molar-refractivity contribution in [3.05, 3.63) is 160 Å². The normalized spacial score (nSPS) is 21.5. The summed E-state index contributed by atoms with van der Waals surface area (Å²) in [7, 11) is 0. The quantitative estimate of drug-likeness (QED) is 0.164. The van der Waals surface area contributed by atoms with E-state index in [1.165, 1.54) is 126 Å². The smallest absolute Gasteiger partial charge is 0.248 e. The Morgan fingerprint density at radius 2 is 1.06 bits per heavy atom. The van der Waals surface area contributed by atoms with Gasteiger partial charge in [0, 0.05) is 50.3 Å². The zero-order valence-electron chi connectivity index (χ0n) is 41.8. The standard InChI is InChI=1S/C62H69BN2/c1-38-31-50-52-51(32-38)65-55-48(61(13)29-21-22-30-62(61,65)14)36-43(59(8,9)10)37-49(55)63(52)56-54(44-28-27-41(57(2,3)4)35-47(44)60(56,11)12)64(50)53-45(39-23-17-15-18-24-39)33-42(58(5,6)7)34-46(53)40-25-19-16-20-26-40/h15-20,23-28,31-37H,21-22,29-30H2,1-14H3. The molecule has 0 saturated heterocycles. The third kappa shape index (κ3) is 5.85. The minimum absolute atomic E-state index is 0.00554. The maximum Gasteiger partial charge on any atom is 0.248 e. The van der Waals surface area contributed by atoms with Gasteiger partial charge >= 0.3 is 0 Å². The fraction of sp³-hybridized carbons (Fsp3) is 0.387. The topological polar surface area (TPSA) is 6.48 Å². The number of fused-ring (bicyclic) bond motifs is 8. The van der Waals surface area contributed by atoms with Crippen LogP contribution in [-0.2, 0) is 27.1 Å². The van der Waals surface area contributed by atoms with Crippen molar-refractivity contribution in [1.82, 2.24) is 0 Å². The van der Waals surface area contributed by atoms with E-state index in [1.54, 1.807) is 5.56 Å². The van der Waals surface area contributed by atoms with Crippen molar-refractivity contribution in [2.45, 2.75) is 155 Å². The van der Waals surface area contributed by atoms with E-state index in [0.717, 1.165) is 0 Å².